The molecule has 78 valence electrons. The van der Waals surface area contributed by atoms with Gasteiger partial charge in [0.1, 0.15) is 0 Å². The first-order valence-corrected chi connectivity index (χ1v) is 5.91. The van der Waals surface area contributed by atoms with Crippen LogP contribution in [0.1, 0.15) is 12.8 Å². The van der Waals surface area contributed by atoms with Crippen molar-refractivity contribution in [3.63, 3.8) is 0 Å². The second-order valence-corrected chi connectivity index (χ2v) is 4.82. The molecule has 1 fully saturated rings. The van der Waals surface area contributed by atoms with Gasteiger partial charge in [0.2, 0.25) is 0 Å². The third kappa shape index (κ3) is 5.15. The second-order valence-electron chi connectivity index (χ2n) is 3.45. The highest BCUT2D eigenvalue weighted by molar-refractivity contribution is 14.1. The molecule has 0 saturated carbocycles. The predicted octanol–water partition coefficient (Wildman–Crippen LogP) is 1.38. The smallest absolute Gasteiger partial charge is 0.0462 e. The number of halogens is 1. The van der Waals surface area contributed by atoms with Crippen LogP contribution in [0, 0.1) is 0 Å². The van der Waals surface area contributed by atoms with Crippen molar-refractivity contribution in [1.82, 2.24) is 8.01 Å². The standard InChI is InChI=1S/C9H19IN2O/c1-13-9-3-2-4-11-5-7-12(10)8-6-11/h2-9H2,1H3. The lowest BCUT2D eigenvalue weighted by atomic mass is 10.3. The van der Waals surface area contributed by atoms with Crippen molar-refractivity contribution in [1.29, 1.82) is 0 Å². The van der Waals surface area contributed by atoms with Crippen LogP contribution in [0.15, 0.2) is 0 Å². The number of ether oxygens (including phenoxy) is 1. The van der Waals surface area contributed by atoms with Crippen molar-refractivity contribution in [3.05, 3.63) is 0 Å². The van der Waals surface area contributed by atoms with Gasteiger partial charge in [-0.05, 0) is 19.4 Å². The van der Waals surface area contributed by atoms with Crippen LogP contribution < -0.4 is 0 Å². The number of nitrogens with zero attached hydrogens (tertiary/aromatic N) is 2. The Kier molecular flexibility index (Phi) is 6.27. The number of hydrogen-bond donors (Lipinski definition) is 0. The third-order valence-corrected chi connectivity index (χ3v) is 3.36. The Labute approximate surface area is 94.9 Å². The molecule has 1 rings (SSSR count). The molecular formula is C9H19IN2O. The summed E-state index contributed by atoms with van der Waals surface area (Å²) >= 11 is 2.40. The average Bonchev–Trinajstić information content (AvgIpc) is 2.15. The quantitative estimate of drug-likeness (QED) is 0.433. The van der Waals surface area contributed by atoms with Crippen LogP contribution in [0.4, 0.5) is 0 Å². The van der Waals surface area contributed by atoms with Gasteiger partial charge in [0, 0.05) is 62.8 Å². The van der Waals surface area contributed by atoms with Crippen molar-refractivity contribution < 1.29 is 4.74 Å². The number of unbranched alkanes of at least 4 members (excludes halogenated alkanes) is 1. The molecule has 0 unspecified atom stereocenters. The molecule has 0 radical (unpaired) electrons. The summed E-state index contributed by atoms with van der Waals surface area (Å²) < 4.78 is 7.38. The van der Waals surface area contributed by atoms with E-state index < -0.39 is 0 Å². The third-order valence-electron chi connectivity index (χ3n) is 2.39. The molecule has 1 aliphatic heterocycles. The fraction of sp³-hybridized carbons (Fsp3) is 1.00. The lowest BCUT2D eigenvalue weighted by Crippen LogP contribution is -2.42. The highest BCUT2D eigenvalue weighted by Gasteiger charge is 2.13. The molecule has 13 heavy (non-hydrogen) atoms. The van der Waals surface area contributed by atoms with Gasteiger partial charge in [0.25, 0.3) is 0 Å². The summed E-state index contributed by atoms with van der Waals surface area (Å²) in [6, 6.07) is 0. The van der Waals surface area contributed by atoms with Gasteiger partial charge in [-0.2, -0.15) is 0 Å². The zero-order valence-corrected chi connectivity index (χ0v) is 10.5. The normalized spacial score (nSPS) is 20.8. The molecule has 0 N–H and O–H groups in total. The summed E-state index contributed by atoms with van der Waals surface area (Å²) in [5.74, 6) is 0. The van der Waals surface area contributed by atoms with Crippen LogP contribution in [-0.4, -0.2) is 54.5 Å². The van der Waals surface area contributed by atoms with E-state index in [0.717, 1.165) is 6.61 Å². The van der Waals surface area contributed by atoms with Gasteiger partial charge in [-0.25, -0.2) is 3.11 Å². The monoisotopic (exact) mass is 298 g/mol. The van der Waals surface area contributed by atoms with E-state index in [9.17, 15) is 0 Å². The Bertz CT molecular complexity index is 127. The number of rotatable bonds is 5. The summed E-state index contributed by atoms with van der Waals surface area (Å²) in [5.41, 5.74) is 0. The molecule has 0 aromatic rings. The van der Waals surface area contributed by atoms with Crippen molar-refractivity contribution in [2.24, 2.45) is 0 Å². The van der Waals surface area contributed by atoms with E-state index in [1.165, 1.54) is 45.6 Å². The lowest BCUT2D eigenvalue weighted by Gasteiger charge is -2.30. The van der Waals surface area contributed by atoms with E-state index in [4.69, 9.17) is 4.74 Å². The SMILES string of the molecule is COCCCCN1CCN(I)CC1. The van der Waals surface area contributed by atoms with Gasteiger partial charge in [-0.15, -0.1) is 0 Å². The zero-order valence-electron chi connectivity index (χ0n) is 8.34. The minimum atomic E-state index is 0.909. The molecule has 1 heterocycles. The van der Waals surface area contributed by atoms with Crippen LogP contribution in [-0.2, 0) is 4.74 Å². The molecule has 0 aromatic carbocycles. The Morgan fingerprint density at radius 3 is 2.46 bits per heavy atom. The Morgan fingerprint density at radius 2 is 1.85 bits per heavy atom. The van der Waals surface area contributed by atoms with E-state index in [1.807, 2.05) is 0 Å². The van der Waals surface area contributed by atoms with Crippen molar-refractivity contribution in [2.75, 3.05) is 46.4 Å². The highest BCUT2D eigenvalue weighted by Crippen LogP contribution is 2.07. The maximum Gasteiger partial charge on any atom is 0.0462 e. The summed E-state index contributed by atoms with van der Waals surface area (Å²) in [6.07, 6.45) is 2.47. The first kappa shape index (κ1) is 11.7. The Hall–Kier alpha value is 0.610. The van der Waals surface area contributed by atoms with Gasteiger partial charge in [0.05, 0.1) is 0 Å². The van der Waals surface area contributed by atoms with Crippen molar-refractivity contribution in [3.8, 4) is 0 Å². The van der Waals surface area contributed by atoms with Crippen LogP contribution in [0.2, 0.25) is 0 Å². The zero-order chi connectivity index (χ0) is 9.52. The molecule has 4 heteroatoms. The Balaban J connectivity index is 1.96. The van der Waals surface area contributed by atoms with E-state index in [2.05, 4.69) is 30.9 Å². The number of methoxy groups -OCH3 is 1. The van der Waals surface area contributed by atoms with Gasteiger partial charge in [-0.1, -0.05) is 0 Å². The lowest BCUT2D eigenvalue weighted by molar-refractivity contribution is 0.172. The van der Waals surface area contributed by atoms with Crippen LogP contribution in [0.3, 0.4) is 0 Å². The molecule has 0 spiro atoms. The van der Waals surface area contributed by atoms with E-state index >= 15 is 0 Å². The average molecular weight is 298 g/mol. The van der Waals surface area contributed by atoms with Crippen molar-refractivity contribution in [2.45, 2.75) is 12.8 Å². The largest absolute Gasteiger partial charge is 0.385 e. The highest BCUT2D eigenvalue weighted by atomic mass is 127. The van der Waals surface area contributed by atoms with Crippen LogP contribution >= 0.6 is 22.9 Å². The maximum atomic E-state index is 5.02. The molecular weight excluding hydrogens is 279 g/mol. The van der Waals surface area contributed by atoms with Crippen LogP contribution in [0.25, 0.3) is 0 Å². The summed E-state index contributed by atoms with van der Waals surface area (Å²) in [4.78, 5) is 2.55. The van der Waals surface area contributed by atoms with Gasteiger partial charge >= 0.3 is 0 Å². The first-order valence-electron chi connectivity index (χ1n) is 4.95. The summed E-state index contributed by atoms with van der Waals surface area (Å²) in [5, 5.41) is 0. The number of piperazine rings is 1. The molecule has 0 aromatic heterocycles. The van der Waals surface area contributed by atoms with E-state index in [0.29, 0.717) is 0 Å². The van der Waals surface area contributed by atoms with Gasteiger partial charge < -0.3 is 9.64 Å². The summed E-state index contributed by atoms with van der Waals surface area (Å²) in [6.45, 7) is 7.04. The molecule has 3 nitrogen and oxygen atoms in total. The minimum absolute atomic E-state index is 0.909. The fourth-order valence-electron chi connectivity index (χ4n) is 1.53. The maximum absolute atomic E-state index is 5.02. The first-order chi connectivity index (χ1) is 6.33. The van der Waals surface area contributed by atoms with Crippen molar-refractivity contribution >= 4 is 22.9 Å². The molecule has 1 aliphatic rings. The minimum Gasteiger partial charge on any atom is -0.385 e. The molecule has 0 aliphatic carbocycles. The summed E-state index contributed by atoms with van der Waals surface area (Å²) in [7, 11) is 1.77. The second kappa shape index (κ2) is 6.98. The van der Waals surface area contributed by atoms with Crippen LogP contribution in [0.5, 0.6) is 0 Å². The number of hydrogen-bond acceptors (Lipinski definition) is 3. The van der Waals surface area contributed by atoms with E-state index in [1.54, 1.807) is 7.11 Å². The molecule has 0 bridgehead atoms. The predicted molar refractivity (Wildman–Crippen MR) is 63.1 cm³/mol. The molecule has 0 atom stereocenters. The van der Waals surface area contributed by atoms with Gasteiger partial charge in [-0.3, -0.25) is 0 Å². The molecule has 0 amide bonds. The van der Waals surface area contributed by atoms with E-state index in [-0.39, 0.29) is 0 Å². The Morgan fingerprint density at radius 1 is 1.15 bits per heavy atom. The molecule has 1 saturated heterocycles. The van der Waals surface area contributed by atoms with Gasteiger partial charge in [0.15, 0.2) is 0 Å². The fourth-order valence-corrected chi connectivity index (χ4v) is 1.96. The topological polar surface area (TPSA) is 15.7 Å².